The van der Waals surface area contributed by atoms with E-state index in [1.54, 1.807) is 7.11 Å². The number of hydrogen-bond donors (Lipinski definition) is 2. The average molecular weight is 350 g/mol. The Kier molecular flexibility index (Phi) is 5.31. The summed E-state index contributed by atoms with van der Waals surface area (Å²) >= 11 is 0. The topological polar surface area (TPSA) is 54.1 Å². The van der Waals surface area contributed by atoms with Gasteiger partial charge in [0.05, 0.1) is 18.2 Å². The van der Waals surface area contributed by atoms with Gasteiger partial charge in [-0.2, -0.15) is 0 Å². The standard InChI is InChI=1S/C22H26N2O2/c1-14(8-9-17-10-12-18(26-4)13-11-17)23-22(25)20-7-5-6-19-15(2)16(3)24-21(19)20/h5-7,10-14,24H,8-9H2,1-4H3,(H,23,25). The number of ether oxygens (including phenoxy) is 1. The molecule has 3 rings (SSSR count). The van der Waals surface area contributed by atoms with Crippen molar-refractivity contribution in [3.8, 4) is 5.75 Å². The summed E-state index contributed by atoms with van der Waals surface area (Å²) in [6.45, 7) is 6.16. The third-order valence-electron chi connectivity index (χ3n) is 4.99. The number of H-pyrrole nitrogens is 1. The number of nitrogens with one attached hydrogen (secondary N) is 2. The number of carbonyl (C=O) groups is 1. The molecule has 4 nitrogen and oxygen atoms in total. The van der Waals surface area contributed by atoms with Crippen LogP contribution < -0.4 is 10.1 Å². The molecule has 1 atom stereocenters. The smallest absolute Gasteiger partial charge is 0.253 e. The van der Waals surface area contributed by atoms with Gasteiger partial charge in [-0.05, 0) is 62.9 Å². The summed E-state index contributed by atoms with van der Waals surface area (Å²) in [6, 6.07) is 14.0. The Hall–Kier alpha value is -2.75. The SMILES string of the molecule is COc1ccc(CCC(C)NC(=O)c2cccc3c(C)c(C)[nH]c23)cc1. The Bertz CT molecular complexity index is 910. The van der Waals surface area contributed by atoms with Gasteiger partial charge in [-0.25, -0.2) is 0 Å². The lowest BCUT2D eigenvalue weighted by Gasteiger charge is -2.14. The zero-order chi connectivity index (χ0) is 18.7. The minimum Gasteiger partial charge on any atom is -0.497 e. The van der Waals surface area contributed by atoms with Crippen molar-refractivity contribution >= 4 is 16.8 Å². The number of carbonyl (C=O) groups excluding carboxylic acids is 1. The zero-order valence-electron chi connectivity index (χ0n) is 15.8. The Morgan fingerprint density at radius 3 is 2.58 bits per heavy atom. The van der Waals surface area contributed by atoms with Crippen LogP contribution in [-0.2, 0) is 6.42 Å². The number of hydrogen-bond acceptors (Lipinski definition) is 2. The molecule has 2 N–H and O–H groups in total. The van der Waals surface area contributed by atoms with Gasteiger partial charge in [0.25, 0.3) is 5.91 Å². The van der Waals surface area contributed by atoms with Gasteiger partial charge in [-0.15, -0.1) is 0 Å². The monoisotopic (exact) mass is 350 g/mol. The van der Waals surface area contributed by atoms with Crippen LogP contribution in [0.15, 0.2) is 42.5 Å². The molecule has 3 aromatic rings. The van der Waals surface area contributed by atoms with Gasteiger partial charge in [-0.3, -0.25) is 4.79 Å². The van der Waals surface area contributed by atoms with Crippen LogP contribution >= 0.6 is 0 Å². The number of para-hydroxylation sites is 1. The fourth-order valence-electron chi connectivity index (χ4n) is 3.22. The molecule has 0 bridgehead atoms. The number of rotatable bonds is 6. The van der Waals surface area contributed by atoms with E-state index in [-0.39, 0.29) is 11.9 Å². The van der Waals surface area contributed by atoms with E-state index in [1.165, 1.54) is 11.1 Å². The normalized spacial score (nSPS) is 12.2. The van der Waals surface area contributed by atoms with E-state index in [4.69, 9.17) is 4.74 Å². The zero-order valence-corrected chi connectivity index (χ0v) is 15.8. The molecule has 4 heteroatoms. The van der Waals surface area contributed by atoms with Gasteiger partial charge in [0, 0.05) is 17.1 Å². The molecule has 0 spiro atoms. The molecule has 1 aromatic heterocycles. The summed E-state index contributed by atoms with van der Waals surface area (Å²) in [7, 11) is 1.67. The quantitative estimate of drug-likeness (QED) is 0.685. The predicted octanol–water partition coefficient (Wildman–Crippen LogP) is 4.54. The maximum Gasteiger partial charge on any atom is 0.253 e. The van der Waals surface area contributed by atoms with E-state index in [0.717, 1.165) is 35.2 Å². The van der Waals surface area contributed by atoms with Crippen LogP contribution in [0.3, 0.4) is 0 Å². The first-order chi connectivity index (χ1) is 12.5. The highest BCUT2D eigenvalue weighted by molar-refractivity contribution is 6.06. The molecule has 26 heavy (non-hydrogen) atoms. The van der Waals surface area contributed by atoms with E-state index in [0.29, 0.717) is 5.56 Å². The number of amides is 1. The summed E-state index contributed by atoms with van der Waals surface area (Å²) in [5.74, 6) is 0.832. The second-order valence-corrected chi connectivity index (χ2v) is 6.86. The first-order valence-corrected chi connectivity index (χ1v) is 9.01. The molecule has 0 saturated heterocycles. The lowest BCUT2D eigenvalue weighted by atomic mass is 10.0. The molecule has 0 aliphatic carbocycles. The van der Waals surface area contributed by atoms with Crippen LogP contribution in [0.1, 0.15) is 40.5 Å². The van der Waals surface area contributed by atoms with E-state index >= 15 is 0 Å². The average Bonchev–Trinajstić information content (AvgIpc) is 2.94. The maximum absolute atomic E-state index is 12.7. The summed E-state index contributed by atoms with van der Waals surface area (Å²) in [6.07, 6.45) is 1.80. The van der Waals surface area contributed by atoms with Crippen LogP contribution in [-0.4, -0.2) is 24.0 Å². The summed E-state index contributed by atoms with van der Waals surface area (Å²) < 4.78 is 5.18. The molecule has 0 aliphatic rings. The predicted molar refractivity (Wildman–Crippen MR) is 106 cm³/mol. The molecule has 0 saturated carbocycles. The van der Waals surface area contributed by atoms with Gasteiger partial charge >= 0.3 is 0 Å². The molecule has 0 fully saturated rings. The van der Waals surface area contributed by atoms with E-state index in [9.17, 15) is 4.79 Å². The van der Waals surface area contributed by atoms with Crippen LogP contribution in [0.25, 0.3) is 10.9 Å². The Morgan fingerprint density at radius 1 is 1.15 bits per heavy atom. The first kappa shape index (κ1) is 18.1. The number of fused-ring (bicyclic) bond motifs is 1. The third kappa shape index (κ3) is 3.74. The van der Waals surface area contributed by atoms with E-state index in [1.807, 2.05) is 38.1 Å². The van der Waals surface area contributed by atoms with Crippen molar-refractivity contribution < 1.29 is 9.53 Å². The summed E-state index contributed by atoms with van der Waals surface area (Å²) in [5, 5.41) is 4.24. The second kappa shape index (κ2) is 7.65. The van der Waals surface area contributed by atoms with Gasteiger partial charge in [0.2, 0.25) is 0 Å². The molecule has 1 heterocycles. The fourth-order valence-corrected chi connectivity index (χ4v) is 3.22. The van der Waals surface area contributed by atoms with Crippen molar-refractivity contribution in [1.82, 2.24) is 10.3 Å². The number of aromatic amines is 1. The number of aryl methyl sites for hydroxylation is 3. The molecular formula is C22H26N2O2. The van der Waals surface area contributed by atoms with Crippen molar-refractivity contribution in [3.63, 3.8) is 0 Å². The van der Waals surface area contributed by atoms with E-state index in [2.05, 4.69) is 35.4 Å². The van der Waals surface area contributed by atoms with Crippen molar-refractivity contribution in [2.75, 3.05) is 7.11 Å². The van der Waals surface area contributed by atoms with Gasteiger partial charge in [0.1, 0.15) is 5.75 Å². The van der Waals surface area contributed by atoms with Crippen LogP contribution in [0, 0.1) is 13.8 Å². The second-order valence-electron chi connectivity index (χ2n) is 6.86. The van der Waals surface area contributed by atoms with Crippen molar-refractivity contribution in [2.45, 2.75) is 39.7 Å². The molecule has 1 amide bonds. The van der Waals surface area contributed by atoms with Crippen LogP contribution in [0.4, 0.5) is 0 Å². The Labute approximate surface area is 154 Å². The van der Waals surface area contributed by atoms with Crippen LogP contribution in [0.5, 0.6) is 5.75 Å². The van der Waals surface area contributed by atoms with Gasteiger partial charge in [0.15, 0.2) is 0 Å². The highest BCUT2D eigenvalue weighted by atomic mass is 16.5. The number of benzene rings is 2. The largest absolute Gasteiger partial charge is 0.497 e. The van der Waals surface area contributed by atoms with Crippen molar-refractivity contribution in [3.05, 3.63) is 64.8 Å². The summed E-state index contributed by atoms with van der Waals surface area (Å²) in [5.41, 5.74) is 5.16. The first-order valence-electron chi connectivity index (χ1n) is 9.01. The molecule has 2 aromatic carbocycles. The molecular weight excluding hydrogens is 324 g/mol. The molecule has 0 aliphatic heterocycles. The highest BCUT2D eigenvalue weighted by Crippen LogP contribution is 2.24. The molecule has 0 radical (unpaired) electrons. The third-order valence-corrected chi connectivity index (χ3v) is 4.99. The fraction of sp³-hybridized carbons (Fsp3) is 0.318. The Morgan fingerprint density at radius 2 is 1.88 bits per heavy atom. The molecule has 136 valence electrons. The lowest BCUT2D eigenvalue weighted by molar-refractivity contribution is 0.0940. The maximum atomic E-state index is 12.7. The summed E-state index contributed by atoms with van der Waals surface area (Å²) in [4.78, 5) is 16.1. The van der Waals surface area contributed by atoms with E-state index < -0.39 is 0 Å². The minimum atomic E-state index is -0.0286. The Balaban J connectivity index is 1.65. The lowest BCUT2D eigenvalue weighted by Crippen LogP contribution is -2.33. The number of aromatic nitrogens is 1. The van der Waals surface area contributed by atoms with Gasteiger partial charge in [-0.1, -0.05) is 24.3 Å². The van der Waals surface area contributed by atoms with Gasteiger partial charge < -0.3 is 15.0 Å². The minimum absolute atomic E-state index is 0.0286. The molecule has 1 unspecified atom stereocenters. The van der Waals surface area contributed by atoms with Crippen LogP contribution in [0.2, 0.25) is 0 Å². The highest BCUT2D eigenvalue weighted by Gasteiger charge is 2.15. The number of methoxy groups -OCH3 is 1. The van der Waals surface area contributed by atoms with Crippen molar-refractivity contribution in [2.24, 2.45) is 0 Å². The van der Waals surface area contributed by atoms with Crippen molar-refractivity contribution in [1.29, 1.82) is 0 Å².